The van der Waals surface area contributed by atoms with Crippen LogP contribution >= 0.6 is 0 Å². The quantitative estimate of drug-likeness (QED) is 0.781. The molecule has 2 rings (SSSR count). The van der Waals surface area contributed by atoms with Gasteiger partial charge >= 0.3 is 5.97 Å². The number of ether oxygens (including phenoxy) is 1. The second kappa shape index (κ2) is 7.60. The Morgan fingerprint density at radius 1 is 1.22 bits per heavy atom. The molecule has 0 bridgehead atoms. The fourth-order valence-corrected chi connectivity index (χ4v) is 2.29. The molecule has 1 aromatic carbocycles. The Labute approximate surface area is 135 Å². The van der Waals surface area contributed by atoms with Crippen molar-refractivity contribution in [1.82, 2.24) is 0 Å². The zero-order chi connectivity index (χ0) is 16.8. The number of furan rings is 1. The van der Waals surface area contributed by atoms with Gasteiger partial charge in [0.25, 0.3) is 5.91 Å². The first-order valence-corrected chi connectivity index (χ1v) is 7.33. The van der Waals surface area contributed by atoms with Gasteiger partial charge in [-0.25, -0.2) is 4.79 Å². The molecule has 1 heterocycles. The molecule has 1 unspecified atom stereocenters. The van der Waals surface area contributed by atoms with Crippen LogP contribution in [0.15, 0.2) is 40.8 Å². The third kappa shape index (κ3) is 4.69. The van der Waals surface area contributed by atoms with Crippen molar-refractivity contribution in [2.75, 3.05) is 26.0 Å². The molecule has 122 valence electrons. The van der Waals surface area contributed by atoms with Crippen LogP contribution in [0.25, 0.3) is 0 Å². The predicted molar refractivity (Wildman–Crippen MR) is 85.3 cm³/mol. The van der Waals surface area contributed by atoms with E-state index in [2.05, 4.69) is 5.32 Å². The molecule has 0 aliphatic heterocycles. The van der Waals surface area contributed by atoms with Crippen LogP contribution in [0.2, 0.25) is 0 Å². The second-order valence-electron chi connectivity index (χ2n) is 5.41. The molecule has 0 spiro atoms. The van der Waals surface area contributed by atoms with Crippen molar-refractivity contribution in [3.8, 4) is 0 Å². The number of rotatable bonds is 6. The Kier molecular flexibility index (Phi) is 5.54. The van der Waals surface area contributed by atoms with Gasteiger partial charge in [-0.15, -0.1) is 0 Å². The van der Waals surface area contributed by atoms with E-state index in [1.165, 1.54) is 7.11 Å². The summed E-state index contributed by atoms with van der Waals surface area (Å²) in [5.74, 6) is 1.03. The summed E-state index contributed by atoms with van der Waals surface area (Å²) in [6.45, 7) is 2.75. The first kappa shape index (κ1) is 16.8. The van der Waals surface area contributed by atoms with E-state index in [4.69, 9.17) is 9.15 Å². The molecule has 0 radical (unpaired) electrons. The van der Waals surface area contributed by atoms with Crippen molar-refractivity contribution >= 4 is 17.6 Å². The first-order valence-electron chi connectivity index (χ1n) is 7.33. The molecule has 6 heteroatoms. The number of hydrogen-bond acceptors (Lipinski definition) is 4. The number of benzene rings is 1. The lowest BCUT2D eigenvalue weighted by Gasteiger charge is -2.13. The van der Waals surface area contributed by atoms with Gasteiger partial charge in [0, 0.05) is 0 Å². The molecule has 1 aromatic heterocycles. The van der Waals surface area contributed by atoms with Gasteiger partial charge in [0.1, 0.15) is 12.3 Å². The molecule has 0 aliphatic carbocycles. The lowest BCUT2D eigenvalue weighted by molar-refractivity contribution is -0.886. The van der Waals surface area contributed by atoms with Gasteiger partial charge in [-0.05, 0) is 31.2 Å². The van der Waals surface area contributed by atoms with Gasteiger partial charge in [-0.1, -0.05) is 12.1 Å². The van der Waals surface area contributed by atoms with Crippen LogP contribution in [-0.4, -0.2) is 32.6 Å². The SMILES string of the molecule is COC(=O)c1ccccc1NC(=O)C[NH+](C)Cc1ccc(C)o1. The lowest BCUT2D eigenvalue weighted by Crippen LogP contribution is -3.08. The normalized spacial score (nSPS) is 11.8. The number of nitrogens with one attached hydrogen (secondary N) is 2. The molecule has 0 saturated heterocycles. The number of anilines is 1. The number of likely N-dealkylation sites (N-methyl/N-ethyl adjacent to an activating group) is 1. The van der Waals surface area contributed by atoms with Crippen molar-refractivity contribution in [1.29, 1.82) is 0 Å². The average Bonchev–Trinajstić information content (AvgIpc) is 2.91. The van der Waals surface area contributed by atoms with E-state index in [0.29, 0.717) is 17.8 Å². The summed E-state index contributed by atoms with van der Waals surface area (Å²) in [5, 5.41) is 2.76. The summed E-state index contributed by atoms with van der Waals surface area (Å²) < 4.78 is 10.2. The van der Waals surface area contributed by atoms with E-state index in [1.54, 1.807) is 24.3 Å². The molecule has 0 fully saturated rings. The summed E-state index contributed by atoms with van der Waals surface area (Å²) in [5.41, 5.74) is 0.786. The molecule has 0 saturated carbocycles. The van der Waals surface area contributed by atoms with Crippen molar-refractivity contribution in [2.24, 2.45) is 0 Å². The molecule has 1 atom stereocenters. The molecular formula is C17H21N2O4+. The fraction of sp³-hybridized carbons (Fsp3) is 0.294. The Bertz CT molecular complexity index is 693. The molecular weight excluding hydrogens is 296 g/mol. The van der Waals surface area contributed by atoms with Crippen LogP contribution in [-0.2, 0) is 16.1 Å². The van der Waals surface area contributed by atoms with Crippen LogP contribution in [0, 0.1) is 6.92 Å². The number of aryl methyl sites for hydroxylation is 1. The summed E-state index contributed by atoms with van der Waals surface area (Å²) in [6, 6.07) is 10.6. The van der Waals surface area contributed by atoms with Gasteiger partial charge in [0.05, 0.1) is 25.4 Å². The van der Waals surface area contributed by atoms with Crippen molar-refractivity contribution in [3.63, 3.8) is 0 Å². The third-order valence-electron chi connectivity index (χ3n) is 3.34. The zero-order valence-electron chi connectivity index (χ0n) is 13.5. The maximum Gasteiger partial charge on any atom is 0.339 e. The first-order chi connectivity index (χ1) is 11.0. The monoisotopic (exact) mass is 317 g/mol. The van der Waals surface area contributed by atoms with E-state index in [9.17, 15) is 9.59 Å². The largest absolute Gasteiger partial charge is 0.465 e. The van der Waals surface area contributed by atoms with Gasteiger partial charge in [0.15, 0.2) is 12.3 Å². The van der Waals surface area contributed by atoms with E-state index >= 15 is 0 Å². The van der Waals surface area contributed by atoms with E-state index in [1.807, 2.05) is 26.1 Å². The smallest absolute Gasteiger partial charge is 0.339 e. The van der Waals surface area contributed by atoms with Gasteiger partial charge < -0.3 is 19.4 Å². The average molecular weight is 317 g/mol. The highest BCUT2D eigenvalue weighted by Crippen LogP contribution is 2.15. The summed E-state index contributed by atoms with van der Waals surface area (Å²) in [4.78, 5) is 24.8. The lowest BCUT2D eigenvalue weighted by atomic mass is 10.2. The maximum absolute atomic E-state index is 12.2. The second-order valence-corrected chi connectivity index (χ2v) is 5.41. The standard InChI is InChI=1S/C17H20N2O4/c1-12-8-9-13(23-12)10-19(2)11-16(20)18-15-7-5-4-6-14(15)17(21)22-3/h4-9H,10-11H2,1-3H3,(H,18,20)/p+1. The topological polar surface area (TPSA) is 73.0 Å². The van der Waals surface area contributed by atoms with Gasteiger partial charge in [-0.3, -0.25) is 4.79 Å². The minimum atomic E-state index is -0.479. The molecule has 6 nitrogen and oxygen atoms in total. The van der Waals surface area contributed by atoms with Crippen molar-refractivity contribution in [2.45, 2.75) is 13.5 Å². The van der Waals surface area contributed by atoms with Crippen LogP contribution in [0.3, 0.4) is 0 Å². The summed E-state index contributed by atoms with van der Waals surface area (Å²) >= 11 is 0. The van der Waals surface area contributed by atoms with Crippen LogP contribution < -0.4 is 10.2 Å². The van der Waals surface area contributed by atoms with Gasteiger partial charge in [-0.2, -0.15) is 0 Å². The number of para-hydroxylation sites is 1. The van der Waals surface area contributed by atoms with E-state index < -0.39 is 5.97 Å². The number of carbonyl (C=O) groups excluding carboxylic acids is 2. The Morgan fingerprint density at radius 2 is 1.96 bits per heavy atom. The number of hydrogen-bond donors (Lipinski definition) is 2. The van der Waals surface area contributed by atoms with E-state index in [-0.39, 0.29) is 12.5 Å². The van der Waals surface area contributed by atoms with Crippen molar-refractivity contribution in [3.05, 3.63) is 53.5 Å². The van der Waals surface area contributed by atoms with Crippen LogP contribution in [0.1, 0.15) is 21.9 Å². The highest BCUT2D eigenvalue weighted by Gasteiger charge is 2.16. The number of amides is 1. The minimum Gasteiger partial charge on any atom is -0.465 e. The Morgan fingerprint density at radius 3 is 2.61 bits per heavy atom. The van der Waals surface area contributed by atoms with E-state index in [0.717, 1.165) is 16.4 Å². The Balaban J connectivity index is 1.95. The van der Waals surface area contributed by atoms with Gasteiger partial charge in [0.2, 0.25) is 0 Å². The Hall–Kier alpha value is -2.60. The van der Waals surface area contributed by atoms with Crippen LogP contribution in [0.5, 0.6) is 0 Å². The highest BCUT2D eigenvalue weighted by atomic mass is 16.5. The summed E-state index contributed by atoms with van der Waals surface area (Å²) in [6.07, 6.45) is 0. The molecule has 0 aliphatic rings. The predicted octanol–water partition coefficient (Wildman–Crippen LogP) is 1.03. The molecule has 1 amide bonds. The maximum atomic E-state index is 12.2. The fourth-order valence-electron chi connectivity index (χ4n) is 2.29. The number of methoxy groups -OCH3 is 1. The number of carbonyl (C=O) groups is 2. The zero-order valence-corrected chi connectivity index (χ0v) is 13.5. The van der Waals surface area contributed by atoms with Crippen LogP contribution in [0.4, 0.5) is 5.69 Å². The molecule has 2 aromatic rings. The minimum absolute atomic E-state index is 0.179. The van der Waals surface area contributed by atoms with Crippen molar-refractivity contribution < 1.29 is 23.6 Å². The number of quaternary nitrogens is 1. The number of esters is 1. The summed E-state index contributed by atoms with van der Waals surface area (Å²) in [7, 11) is 3.22. The highest BCUT2D eigenvalue weighted by molar-refractivity contribution is 6.01. The molecule has 23 heavy (non-hydrogen) atoms. The third-order valence-corrected chi connectivity index (χ3v) is 3.34. The molecule has 2 N–H and O–H groups in total.